The highest BCUT2D eigenvalue weighted by atomic mass is 16.5. The zero-order valence-corrected chi connectivity index (χ0v) is 10.6. The summed E-state index contributed by atoms with van der Waals surface area (Å²) in [5.74, 6) is 0.599. The molecule has 0 saturated heterocycles. The van der Waals surface area contributed by atoms with E-state index in [9.17, 15) is 4.79 Å². The van der Waals surface area contributed by atoms with Gasteiger partial charge in [-0.25, -0.2) is 4.79 Å². The number of fused-ring (bicyclic) bond motifs is 1. The van der Waals surface area contributed by atoms with Crippen molar-refractivity contribution in [3.63, 3.8) is 0 Å². The van der Waals surface area contributed by atoms with Gasteiger partial charge >= 0.3 is 5.97 Å². The molecule has 2 aromatic carbocycles. The maximum absolute atomic E-state index is 11.7. The van der Waals surface area contributed by atoms with E-state index in [-0.39, 0.29) is 12.1 Å². The minimum Gasteiger partial charge on any atom is -0.497 e. The minimum atomic E-state index is -0.228. The molecule has 2 aromatic rings. The van der Waals surface area contributed by atoms with E-state index in [1.165, 1.54) is 0 Å². The minimum absolute atomic E-state index is 0.183. The Hall–Kier alpha value is -2.29. The lowest BCUT2D eigenvalue weighted by Crippen LogP contribution is -2.02. The van der Waals surface area contributed by atoms with Crippen LogP contribution in [0.15, 0.2) is 48.5 Å². The number of hydrogen-bond donors (Lipinski definition) is 0. The third-order valence-corrected chi connectivity index (χ3v) is 3.36. The molecule has 0 aliphatic carbocycles. The van der Waals surface area contributed by atoms with E-state index in [1.54, 1.807) is 7.11 Å². The molecule has 0 unspecified atom stereocenters. The van der Waals surface area contributed by atoms with Crippen LogP contribution in [0.3, 0.4) is 0 Å². The van der Waals surface area contributed by atoms with Crippen LogP contribution in [-0.4, -0.2) is 13.1 Å². The van der Waals surface area contributed by atoms with Gasteiger partial charge in [0.1, 0.15) is 11.9 Å². The molecule has 0 bridgehead atoms. The third-order valence-electron chi connectivity index (χ3n) is 3.36. The molecule has 0 aromatic heterocycles. The maximum Gasteiger partial charge on any atom is 0.339 e. The maximum atomic E-state index is 11.7. The summed E-state index contributed by atoms with van der Waals surface area (Å²) in [5, 5.41) is 0. The number of carbonyl (C=O) groups is 1. The summed E-state index contributed by atoms with van der Waals surface area (Å²) in [5.41, 5.74) is 2.78. The first-order valence-corrected chi connectivity index (χ1v) is 6.21. The van der Waals surface area contributed by atoms with Crippen molar-refractivity contribution in [3.8, 4) is 5.75 Å². The fourth-order valence-corrected chi connectivity index (χ4v) is 2.35. The lowest BCUT2D eigenvalue weighted by Gasteiger charge is -2.11. The van der Waals surface area contributed by atoms with Gasteiger partial charge in [-0.2, -0.15) is 0 Å². The number of hydrogen-bond acceptors (Lipinski definition) is 3. The van der Waals surface area contributed by atoms with Gasteiger partial charge in [0.05, 0.1) is 12.7 Å². The van der Waals surface area contributed by atoms with Gasteiger partial charge in [-0.1, -0.05) is 30.3 Å². The number of cyclic esters (lactones) is 1. The topological polar surface area (TPSA) is 35.5 Å². The molecule has 1 atom stereocenters. The quantitative estimate of drug-likeness (QED) is 0.789. The van der Waals surface area contributed by atoms with Gasteiger partial charge in [0.25, 0.3) is 0 Å². The lowest BCUT2D eigenvalue weighted by molar-refractivity contribution is 0.0387. The molecule has 0 fully saturated rings. The Morgan fingerprint density at radius 1 is 1.11 bits per heavy atom. The van der Waals surface area contributed by atoms with Crippen LogP contribution in [0.5, 0.6) is 5.75 Å². The smallest absolute Gasteiger partial charge is 0.339 e. The van der Waals surface area contributed by atoms with Crippen molar-refractivity contribution in [1.82, 2.24) is 0 Å². The number of benzene rings is 2. The van der Waals surface area contributed by atoms with E-state index in [2.05, 4.69) is 0 Å². The van der Waals surface area contributed by atoms with Crippen molar-refractivity contribution in [2.24, 2.45) is 0 Å². The van der Waals surface area contributed by atoms with Gasteiger partial charge in [-0.05, 0) is 23.8 Å². The highest BCUT2D eigenvalue weighted by molar-refractivity contribution is 5.94. The lowest BCUT2D eigenvalue weighted by atomic mass is 9.99. The molecule has 0 saturated carbocycles. The normalized spacial score (nSPS) is 16.9. The number of ether oxygens (including phenoxy) is 2. The SMILES string of the molecule is COc1ccc(C[C@@H]2OC(=O)c3ccccc32)cc1. The van der Waals surface area contributed by atoms with Gasteiger partial charge in [-0.15, -0.1) is 0 Å². The van der Waals surface area contributed by atoms with Crippen molar-refractivity contribution in [2.75, 3.05) is 7.11 Å². The van der Waals surface area contributed by atoms with E-state index < -0.39 is 0 Å². The van der Waals surface area contributed by atoms with Crippen LogP contribution in [0.4, 0.5) is 0 Å². The molecule has 19 heavy (non-hydrogen) atoms. The fraction of sp³-hybridized carbons (Fsp3) is 0.188. The molecule has 3 heteroatoms. The predicted octanol–water partition coefficient (Wildman–Crippen LogP) is 3.15. The summed E-state index contributed by atoms with van der Waals surface area (Å²) in [6.07, 6.45) is 0.504. The number of esters is 1. The molecular weight excluding hydrogens is 240 g/mol. The second-order valence-corrected chi connectivity index (χ2v) is 4.53. The average molecular weight is 254 g/mol. The Balaban J connectivity index is 1.83. The zero-order chi connectivity index (χ0) is 13.2. The molecule has 3 nitrogen and oxygen atoms in total. The van der Waals surface area contributed by atoms with Crippen LogP contribution in [0.2, 0.25) is 0 Å². The Morgan fingerprint density at radius 2 is 1.84 bits per heavy atom. The summed E-state index contributed by atoms with van der Waals surface area (Å²) >= 11 is 0. The van der Waals surface area contributed by atoms with Crippen molar-refractivity contribution < 1.29 is 14.3 Å². The van der Waals surface area contributed by atoms with E-state index in [1.807, 2.05) is 48.5 Å². The summed E-state index contributed by atoms with van der Waals surface area (Å²) in [7, 11) is 1.64. The van der Waals surface area contributed by atoms with Crippen molar-refractivity contribution >= 4 is 5.97 Å². The van der Waals surface area contributed by atoms with Crippen LogP contribution in [0, 0.1) is 0 Å². The first kappa shape index (κ1) is 11.8. The monoisotopic (exact) mass is 254 g/mol. The third kappa shape index (κ3) is 2.19. The van der Waals surface area contributed by atoms with Crippen molar-refractivity contribution in [2.45, 2.75) is 12.5 Å². The van der Waals surface area contributed by atoms with Crippen molar-refractivity contribution in [3.05, 3.63) is 65.2 Å². The van der Waals surface area contributed by atoms with Crippen LogP contribution >= 0.6 is 0 Å². The van der Waals surface area contributed by atoms with Crippen LogP contribution in [0.25, 0.3) is 0 Å². The number of methoxy groups -OCH3 is 1. The van der Waals surface area contributed by atoms with E-state index in [0.29, 0.717) is 12.0 Å². The second-order valence-electron chi connectivity index (χ2n) is 4.53. The van der Waals surface area contributed by atoms with Gasteiger partial charge in [0.15, 0.2) is 0 Å². The Bertz CT molecular complexity index is 602. The Morgan fingerprint density at radius 3 is 2.58 bits per heavy atom. The molecule has 96 valence electrons. The molecule has 0 spiro atoms. The second kappa shape index (κ2) is 4.76. The predicted molar refractivity (Wildman–Crippen MR) is 71.3 cm³/mol. The highest BCUT2D eigenvalue weighted by Gasteiger charge is 2.30. The number of rotatable bonds is 3. The molecule has 0 radical (unpaired) electrons. The van der Waals surface area contributed by atoms with Crippen molar-refractivity contribution in [1.29, 1.82) is 0 Å². The van der Waals surface area contributed by atoms with Crippen LogP contribution in [0.1, 0.15) is 27.6 Å². The summed E-state index contributed by atoms with van der Waals surface area (Å²) in [4.78, 5) is 11.7. The summed E-state index contributed by atoms with van der Waals surface area (Å²) < 4.78 is 10.5. The van der Waals surface area contributed by atoms with Crippen LogP contribution in [-0.2, 0) is 11.2 Å². The van der Waals surface area contributed by atoms with E-state index in [4.69, 9.17) is 9.47 Å². The van der Waals surface area contributed by atoms with Crippen LogP contribution < -0.4 is 4.74 Å². The standard InChI is InChI=1S/C16H14O3/c1-18-12-8-6-11(7-9-12)10-15-13-4-2-3-5-14(13)16(17)19-15/h2-9,15H,10H2,1H3/t15-/m0/s1. The Kier molecular flexibility index (Phi) is 2.95. The molecule has 3 rings (SSSR count). The van der Waals surface area contributed by atoms with Gasteiger partial charge in [-0.3, -0.25) is 0 Å². The molecular formula is C16H14O3. The first-order chi connectivity index (χ1) is 9.28. The largest absolute Gasteiger partial charge is 0.497 e. The highest BCUT2D eigenvalue weighted by Crippen LogP contribution is 2.33. The van der Waals surface area contributed by atoms with Gasteiger partial charge in [0, 0.05) is 12.0 Å². The van der Waals surface area contributed by atoms with E-state index >= 15 is 0 Å². The fourth-order valence-electron chi connectivity index (χ4n) is 2.35. The summed E-state index contributed by atoms with van der Waals surface area (Å²) in [6.45, 7) is 0. The molecule has 1 aliphatic rings. The molecule has 0 N–H and O–H groups in total. The molecule has 0 amide bonds. The summed E-state index contributed by atoms with van der Waals surface area (Å²) in [6, 6.07) is 15.4. The Labute approximate surface area is 111 Å². The zero-order valence-electron chi connectivity index (χ0n) is 10.6. The van der Waals surface area contributed by atoms with Gasteiger partial charge < -0.3 is 9.47 Å². The number of carbonyl (C=O) groups excluding carboxylic acids is 1. The van der Waals surface area contributed by atoms with Gasteiger partial charge in [0.2, 0.25) is 0 Å². The first-order valence-electron chi connectivity index (χ1n) is 6.21. The average Bonchev–Trinajstić information content (AvgIpc) is 2.77. The molecule has 1 aliphatic heterocycles. The van der Waals surface area contributed by atoms with E-state index in [0.717, 1.165) is 16.9 Å². The molecule has 1 heterocycles.